The minimum absolute atomic E-state index is 0.745. The number of hydrogen-bond donors (Lipinski definition) is 1. The lowest BCUT2D eigenvalue weighted by atomic mass is 9.93. The van der Waals surface area contributed by atoms with Gasteiger partial charge in [-0.05, 0) is 45.6 Å². The first-order chi connectivity index (χ1) is 7.36. The summed E-state index contributed by atoms with van der Waals surface area (Å²) >= 11 is 0. The van der Waals surface area contributed by atoms with Crippen LogP contribution in [0.5, 0.6) is 0 Å². The van der Waals surface area contributed by atoms with E-state index >= 15 is 0 Å². The summed E-state index contributed by atoms with van der Waals surface area (Å²) < 4.78 is 5.39. The Bertz CT molecular complexity index is 221. The molecule has 86 valence electrons. The molecule has 0 radical (unpaired) electrons. The molecule has 0 spiro atoms. The molecule has 2 fully saturated rings. The third-order valence-electron chi connectivity index (χ3n) is 3.66. The lowest BCUT2D eigenvalue weighted by Gasteiger charge is -2.26. The molecule has 2 aliphatic rings. The lowest BCUT2D eigenvalue weighted by Crippen LogP contribution is -2.34. The van der Waals surface area contributed by atoms with E-state index in [0.717, 1.165) is 19.3 Å². The minimum Gasteiger partial charge on any atom is -0.381 e. The molecule has 0 saturated carbocycles. The van der Waals surface area contributed by atoms with Crippen LogP contribution in [0.2, 0.25) is 0 Å². The molecule has 1 atom stereocenters. The standard InChI is InChI=1S/C13H23NO/c1-11(12-5-8-15-9-6-12)10-13-4-2-3-7-14-13/h13-14H,2-10H2,1H3. The van der Waals surface area contributed by atoms with E-state index in [1.165, 1.54) is 45.1 Å². The van der Waals surface area contributed by atoms with Crippen molar-refractivity contribution in [3.05, 3.63) is 11.1 Å². The van der Waals surface area contributed by atoms with E-state index in [1.807, 2.05) is 0 Å². The van der Waals surface area contributed by atoms with Crippen molar-refractivity contribution in [1.82, 2.24) is 5.32 Å². The number of ether oxygens (including phenoxy) is 1. The van der Waals surface area contributed by atoms with Gasteiger partial charge in [-0.3, -0.25) is 0 Å². The van der Waals surface area contributed by atoms with Gasteiger partial charge < -0.3 is 10.1 Å². The molecule has 0 aromatic carbocycles. The fourth-order valence-corrected chi connectivity index (χ4v) is 2.66. The summed E-state index contributed by atoms with van der Waals surface area (Å²) in [6.07, 6.45) is 7.72. The van der Waals surface area contributed by atoms with Crippen molar-refractivity contribution in [1.29, 1.82) is 0 Å². The number of nitrogens with one attached hydrogen (secondary N) is 1. The quantitative estimate of drug-likeness (QED) is 0.706. The van der Waals surface area contributed by atoms with Gasteiger partial charge in [0.25, 0.3) is 0 Å². The van der Waals surface area contributed by atoms with E-state index in [1.54, 1.807) is 11.1 Å². The Labute approximate surface area is 93.1 Å². The van der Waals surface area contributed by atoms with Gasteiger partial charge in [-0.1, -0.05) is 17.6 Å². The molecule has 15 heavy (non-hydrogen) atoms. The number of hydrogen-bond acceptors (Lipinski definition) is 2. The molecular formula is C13H23NO. The summed E-state index contributed by atoms with van der Waals surface area (Å²) in [6, 6.07) is 0.745. The smallest absolute Gasteiger partial charge is 0.0503 e. The molecule has 1 unspecified atom stereocenters. The van der Waals surface area contributed by atoms with Crippen molar-refractivity contribution in [2.45, 2.75) is 51.5 Å². The summed E-state index contributed by atoms with van der Waals surface area (Å²) in [5, 5.41) is 3.62. The highest BCUT2D eigenvalue weighted by molar-refractivity contribution is 5.14. The summed E-state index contributed by atoms with van der Waals surface area (Å²) in [5.74, 6) is 0. The maximum Gasteiger partial charge on any atom is 0.0503 e. The van der Waals surface area contributed by atoms with Crippen LogP contribution < -0.4 is 5.32 Å². The van der Waals surface area contributed by atoms with E-state index in [9.17, 15) is 0 Å². The second-order valence-electron chi connectivity index (χ2n) is 4.85. The van der Waals surface area contributed by atoms with Crippen molar-refractivity contribution in [2.24, 2.45) is 0 Å². The van der Waals surface area contributed by atoms with Crippen molar-refractivity contribution in [3.8, 4) is 0 Å². The van der Waals surface area contributed by atoms with E-state index in [-0.39, 0.29) is 0 Å². The summed E-state index contributed by atoms with van der Waals surface area (Å²) in [5.41, 5.74) is 3.28. The Kier molecular flexibility index (Phi) is 4.21. The molecular weight excluding hydrogens is 186 g/mol. The Balaban J connectivity index is 1.85. The zero-order chi connectivity index (χ0) is 10.5. The van der Waals surface area contributed by atoms with Crippen molar-refractivity contribution >= 4 is 0 Å². The van der Waals surface area contributed by atoms with Crippen LogP contribution in [0.1, 0.15) is 45.4 Å². The van der Waals surface area contributed by atoms with Crippen LogP contribution in [-0.4, -0.2) is 25.8 Å². The first-order valence-corrected chi connectivity index (χ1v) is 6.35. The second kappa shape index (κ2) is 5.66. The zero-order valence-corrected chi connectivity index (χ0v) is 9.85. The van der Waals surface area contributed by atoms with Crippen molar-refractivity contribution in [3.63, 3.8) is 0 Å². The maximum atomic E-state index is 5.39. The van der Waals surface area contributed by atoms with Crippen LogP contribution in [0.4, 0.5) is 0 Å². The largest absolute Gasteiger partial charge is 0.381 e. The first-order valence-electron chi connectivity index (χ1n) is 6.35. The van der Waals surface area contributed by atoms with Gasteiger partial charge in [-0.2, -0.15) is 0 Å². The molecule has 2 saturated heterocycles. The molecule has 1 N–H and O–H groups in total. The molecule has 0 aromatic heterocycles. The van der Waals surface area contributed by atoms with Crippen LogP contribution in [0.3, 0.4) is 0 Å². The zero-order valence-electron chi connectivity index (χ0n) is 9.85. The molecule has 0 aromatic rings. The fraction of sp³-hybridized carbons (Fsp3) is 0.846. The van der Waals surface area contributed by atoms with Gasteiger partial charge in [0.1, 0.15) is 0 Å². The van der Waals surface area contributed by atoms with Crippen molar-refractivity contribution < 1.29 is 4.74 Å². The first kappa shape index (κ1) is 11.2. The average Bonchev–Trinajstić information content (AvgIpc) is 2.31. The van der Waals surface area contributed by atoms with Crippen LogP contribution >= 0.6 is 0 Å². The van der Waals surface area contributed by atoms with Gasteiger partial charge in [0.05, 0.1) is 13.2 Å². The Morgan fingerprint density at radius 1 is 1.33 bits per heavy atom. The third kappa shape index (κ3) is 3.32. The van der Waals surface area contributed by atoms with Crippen LogP contribution in [0.15, 0.2) is 11.1 Å². The second-order valence-corrected chi connectivity index (χ2v) is 4.85. The van der Waals surface area contributed by atoms with Crippen LogP contribution in [0.25, 0.3) is 0 Å². The van der Waals surface area contributed by atoms with E-state index in [4.69, 9.17) is 4.74 Å². The summed E-state index contributed by atoms with van der Waals surface area (Å²) in [7, 11) is 0. The van der Waals surface area contributed by atoms with Crippen molar-refractivity contribution in [2.75, 3.05) is 19.8 Å². The molecule has 2 heterocycles. The van der Waals surface area contributed by atoms with E-state index < -0.39 is 0 Å². The van der Waals surface area contributed by atoms with Gasteiger partial charge in [0.2, 0.25) is 0 Å². The molecule has 2 heteroatoms. The monoisotopic (exact) mass is 209 g/mol. The molecule has 2 nitrogen and oxygen atoms in total. The van der Waals surface area contributed by atoms with E-state index in [0.29, 0.717) is 0 Å². The molecule has 2 rings (SSSR count). The minimum atomic E-state index is 0.745. The van der Waals surface area contributed by atoms with E-state index in [2.05, 4.69) is 12.2 Å². The molecule has 0 bridgehead atoms. The molecule has 0 aliphatic carbocycles. The maximum absolute atomic E-state index is 5.39. The normalized spacial score (nSPS) is 27.8. The average molecular weight is 209 g/mol. The fourth-order valence-electron chi connectivity index (χ4n) is 2.66. The van der Waals surface area contributed by atoms with Gasteiger partial charge in [0, 0.05) is 6.04 Å². The van der Waals surface area contributed by atoms with Gasteiger partial charge in [-0.25, -0.2) is 0 Å². The predicted octanol–water partition coefficient (Wildman–Crippen LogP) is 2.65. The highest BCUT2D eigenvalue weighted by Gasteiger charge is 2.15. The third-order valence-corrected chi connectivity index (χ3v) is 3.66. The van der Waals surface area contributed by atoms with Crippen LogP contribution in [0, 0.1) is 0 Å². The number of piperidine rings is 1. The number of rotatable bonds is 2. The SMILES string of the molecule is CC(CC1CCCCN1)=C1CCOCC1. The lowest BCUT2D eigenvalue weighted by molar-refractivity contribution is 0.118. The highest BCUT2D eigenvalue weighted by Crippen LogP contribution is 2.23. The van der Waals surface area contributed by atoms with Gasteiger partial charge in [-0.15, -0.1) is 0 Å². The molecule has 2 aliphatic heterocycles. The highest BCUT2D eigenvalue weighted by atomic mass is 16.5. The molecule has 0 amide bonds. The predicted molar refractivity (Wildman–Crippen MR) is 63.0 cm³/mol. The van der Waals surface area contributed by atoms with Gasteiger partial charge in [0.15, 0.2) is 0 Å². The topological polar surface area (TPSA) is 21.3 Å². The summed E-state index contributed by atoms with van der Waals surface area (Å²) in [4.78, 5) is 0. The Hall–Kier alpha value is -0.340. The van der Waals surface area contributed by atoms with Crippen LogP contribution in [-0.2, 0) is 4.74 Å². The Morgan fingerprint density at radius 2 is 2.13 bits per heavy atom. The summed E-state index contributed by atoms with van der Waals surface area (Å²) in [6.45, 7) is 5.41. The Morgan fingerprint density at radius 3 is 2.80 bits per heavy atom. The van der Waals surface area contributed by atoms with Gasteiger partial charge >= 0.3 is 0 Å².